The van der Waals surface area contributed by atoms with E-state index in [1.807, 2.05) is 0 Å². The van der Waals surface area contributed by atoms with Crippen molar-refractivity contribution in [1.29, 1.82) is 0 Å². The van der Waals surface area contributed by atoms with E-state index in [1.165, 1.54) is 19.2 Å². The smallest absolute Gasteiger partial charge is 0.331 e. The van der Waals surface area contributed by atoms with Crippen molar-refractivity contribution in [2.45, 2.75) is 51.0 Å². The minimum atomic E-state index is -0.730. The maximum absolute atomic E-state index is 13.4. The third-order valence-electron chi connectivity index (χ3n) is 4.56. The third-order valence-corrected chi connectivity index (χ3v) is 4.56. The summed E-state index contributed by atoms with van der Waals surface area (Å²) in [6.45, 7) is 2.19. The predicted octanol–water partition coefficient (Wildman–Crippen LogP) is 4.14. The molecule has 0 spiro atoms. The van der Waals surface area contributed by atoms with Gasteiger partial charge in [0.2, 0.25) is 0 Å². The van der Waals surface area contributed by atoms with Crippen molar-refractivity contribution >= 4 is 11.7 Å². The molecule has 1 aliphatic carbocycles. The van der Waals surface area contributed by atoms with Crippen LogP contribution in [0.4, 0.5) is 10.1 Å². The largest absolute Gasteiger partial charge is 0.467 e. The fourth-order valence-electron chi connectivity index (χ4n) is 3.24. The van der Waals surface area contributed by atoms with Crippen molar-refractivity contribution in [3.63, 3.8) is 0 Å². The first kappa shape index (κ1) is 15.8. The van der Waals surface area contributed by atoms with E-state index in [9.17, 15) is 9.18 Å². The van der Waals surface area contributed by atoms with Crippen LogP contribution in [0.5, 0.6) is 0 Å². The van der Waals surface area contributed by atoms with Crippen LogP contribution in [0, 0.1) is 11.7 Å². The second kappa shape index (κ2) is 6.92. The van der Waals surface area contributed by atoms with E-state index in [1.54, 1.807) is 12.1 Å². The topological polar surface area (TPSA) is 38.3 Å². The average Bonchev–Trinajstić information content (AvgIpc) is 2.69. The monoisotopic (exact) mass is 293 g/mol. The van der Waals surface area contributed by atoms with E-state index in [-0.39, 0.29) is 11.8 Å². The maximum atomic E-state index is 13.4. The van der Waals surface area contributed by atoms with Gasteiger partial charge in [-0.1, -0.05) is 32.3 Å². The van der Waals surface area contributed by atoms with Crippen molar-refractivity contribution in [3.05, 3.63) is 30.1 Å². The van der Waals surface area contributed by atoms with Gasteiger partial charge in [-0.15, -0.1) is 0 Å². The van der Waals surface area contributed by atoms with Crippen molar-refractivity contribution < 1.29 is 13.9 Å². The SMILES string of the molecule is CCC1CCCC(Nc2cccc(F)c2)(C(=O)OC)CC1. The summed E-state index contributed by atoms with van der Waals surface area (Å²) in [6, 6.07) is 6.26. The molecule has 2 unspecified atom stereocenters. The maximum Gasteiger partial charge on any atom is 0.331 e. The number of carbonyl (C=O) groups excluding carboxylic acids is 1. The van der Waals surface area contributed by atoms with Crippen LogP contribution in [0.2, 0.25) is 0 Å². The zero-order valence-corrected chi connectivity index (χ0v) is 12.8. The van der Waals surface area contributed by atoms with E-state index in [0.29, 0.717) is 11.6 Å². The van der Waals surface area contributed by atoms with Gasteiger partial charge in [-0.2, -0.15) is 0 Å². The van der Waals surface area contributed by atoms with Gasteiger partial charge in [0, 0.05) is 5.69 Å². The normalized spacial score (nSPS) is 26.0. The van der Waals surface area contributed by atoms with Crippen LogP contribution in [0.1, 0.15) is 45.4 Å². The lowest BCUT2D eigenvalue weighted by Crippen LogP contribution is -2.47. The highest BCUT2D eigenvalue weighted by Crippen LogP contribution is 2.35. The first-order valence-electron chi connectivity index (χ1n) is 7.72. The standard InChI is InChI=1S/C17H24FNO2/c1-3-13-6-5-10-17(11-9-13,16(20)21-2)19-15-8-4-7-14(18)12-15/h4,7-8,12-13,19H,3,5-6,9-11H2,1-2H3. The highest BCUT2D eigenvalue weighted by atomic mass is 19.1. The van der Waals surface area contributed by atoms with Gasteiger partial charge >= 0.3 is 5.97 Å². The van der Waals surface area contributed by atoms with E-state index in [2.05, 4.69) is 12.2 Å². The number of anilines is 1. The molecule has 2 atom stereocenters. The molecule has 4 heteroatoms. The molecule has 0 saturated heterocycles. The number of hydrogen-bond acceptors (Lipinski definition) is 3. The molecule has 1 aromatic carbocycles. The Balaban J connectivity index is 2.23. The van der Waals surface area contributed by atoms with Gasteiger partial charge < -0.3 is 10.1 Å². The Hall–Kier alpha value is -1.58. The summed E-state index contributed by atoms with van der Waals surface area (Å²) in [4.78, 5) is 12.3. The molecule has 1 aromatic rings. The van der Waals surface area contributed by atoms with Crippen molar-refractivity contribution in [3.8, 4) is 0 Å². The first-order valence-corrected chi connectivity index (χ1v) is 7.72. The number of hydrogen-bond donors (Lipinski definition) is 1. The number of halogens is 1. The molecule has 1 fully saturated rings. The first-order chi connectivity index (χ1) is 10.1. The molecule has 0 aromatic heterocycles. The Morgan fingerprint density at radius 1 is 1.43 bits per heavy atom. The lowest BCUT2D eigenvalue weighted by molar-refractivity contribution is -0.146. The Morgan fingerprint density at radius 3 is 2.90 bits per heavy atom. The van der Waals surface area contributed by atoms with Gasteiger partial charge in [-0.05, 0) is 43.4 Å². The Labute approximate surface area is 125 Å². The molecular weight excluding hydrogens is 269 g/mol. The minimum absolute atomic E-state index is 0.247. The number of esters is 1. The zero-order chi connectivity index (χ0) is 15.3. The van der Waals surface area contributed by atoms with Crippen LogP contribution < -0.4 is 5.32 Å². The second-order valence-corrected chi connectivity index (χ2v) is 5.91. The Bertz CT molecular complexity index is 491. The highest BCUT2D eigenvalue weighted by molar-refractivity contribution is 5.84. The summed E-state index contributed by atoms with van der Waals surface area (Å²) >= 11 is 0. The third kappa shape index (κ3) is 3.74. The Morgan fingerprint density at radius 2 is 2.24 bits per heavy atom. The zero-order valence-electron chi connectivity index (χ0n) is 12.8. The van der Waals surface area contributed by atoms with Gasteiger partial charge in [-0.3, -0.25) is 0 Å². The summed E-state index contributed by atoms with van der Waals surface area (Å²) in [7, 11) is 1.42. The molecule has 116 valence electrons. The Kier molecular flexibility index (Phi) is 5.21. The molecule has 0 radical (unpaired) electrons. The highest BCUT2D eigenvalue weighted by Gasteiger charge is 2.41. The molecular formula is C17H24FNO2. The number of ether oxygens (including phenoxy) is 1. The fourth-order valence-corrected chi connectivity index (χ4v) is 3.24. The summed E-state index contributed by atoms with van der Waals surface area (Å²) in [5, 5.41) is 3.26. The van der Waals surface area contributed by atoms with Crippen molar-refractivity contribution in [1.82, 2.24) is 0 Å². The predicted molar refractivity (Wildman–Crippen MR) is 81.6 cm³/mol. The summed E-state index contributed by atoms with van der Waals surface area (Å²) < 4.78 is 18.4. The van der Waals surface area contributed by atoms with E-state index in [0.717, 1.165) is 38.5 Å². The molecule has 1 saturated carbocycles. The second-order valence-electron chi connectivity index (χ2n) is 5.91. The number of methoxy groups -OCH3 is 1. The minimum Gasteiger partial charge on any atom is -0.467 e. The number of nitrogens with one attached hydrogen (secondary N) is 1. The van der Waals surface area contributed by atoms with E-state index in [4.69, 9.17) is 4.74 Å². The molecule has 0 amide bonds. The fraction of sp³-hybridized carbons (Fsp3) is 0.588. The van der Waals surface area contributed by atoms with E-state index < -0.39 is 5.54 Å². The van der Waals surface area contributed by atoms with Gasteiger partial charge in [0.05, 0.1) is 7.11 Å². The van der Waals surface area contributed by atoms with Gasteiger partial charge in [0.1, 0.15) is 11.4 Å². The summed E-state index contributed by atoms with van der Waals surface area (Å²) in [5.41, 5.74) is -0.0951. The van der Waals surface area contributed by atoms with Crippen LogP contribution in [-0.4, -0.2) is 18.6 Å². The van der Waals surface area contributed by atoms with Gasteiger partial charge in [0.15, 0.2) is 0 Å². The van der Waals surface area contributed by atoms with Crippen LogP contribution in [0.25, 0.3) is 0 Å². The molecule has 21 heavy (non-hydrogen) atoms. The lowest BCUT2D eigenvalue weighted by atomic mass is 9.88. The molecule has 1 N–H and O–H groups in total. The molecule has 1 aliphatic rings. The van der Waals surface area contributed by atoms with Gasteiger partial charge in [-0.25, -0.2) is 9.18 Å². The molecule has 2 rings (SSSR count). The molecule has 0 bridgehead atoms. The van der Waals surface area contributed by atoms with Crippen LogP contribution >= 0.6 is 0 Å². The van der Waals surface area contributed by atoms with E-state index >= 15 is 0 Å². The van der Waals surface area contributed by atoms with Crippen LogP contribution in [0.3, 0.4) is 0 Å². The van der Waals surface area contributed by atoms with Crippen LogP contribution in [-0.2, 0) is 9.53 Å². The summed E-state index contributed by atoms with van der Waals surface area (Å²) in [6.07, 6.45) is 5.71. The quantitative estimate of drug-likeness (QED) is 0.670. The van der Waals surface area contributed by atoms with Crippen molar-refractivity contribution in [2.75, 3.05) is 12.4 Å². The van der Waals surface area contributed by atoms with Crippen LogP contribution in [0.15, 0.2) is 24.3 Å². The average molecular weight is 293 g/mol. The lowest BCUT2D eigenvalue weighted by Gasteiger charge is -2.32. The molecule has 3 nitrogen and oxygen atoms in total. The number of rotatable bonds is 4. The molecule has 0 aliphatic heterocycles. The number of carbonyl (C=O) groups is 1. The summed E-state index contributed by atoms with van der Waals surface area (Å²) in [5.74, 6) is 0.106. The number of benzene rings is 1. The molecule has 0 heterocycles. The van der Waals surface area contributed by atoms with Gasteiger partial charge in [0.25, 0.3) is 0 Å². The van der Waals surface area contributed by atoms with Crippen molar-refractivity contribution in [2.24, 2.45) is 5.92 Å².